The molecule has 1 atom stereocenters. The van der Waals surface area contributed by atoms with Gasteiger partial charge in [-0.3, -0.25) is 0 Å². The van der Waals surface area contributed by atoms with Crippen LogP contribution in [0.1, 0.15) is 70.3 Å². The van der Waals surface area contributed by atoms with E-state index in [0.717, 1.165) is 36.2 Å². The maximum absolute atomic E-state index is 13.3. The standard InChI is InChI=1S/C22H30F2/c1-2-16-5-10-19(11-6-16)20-12-7-17(8-13-20)3-4-18-9-14-21(23)22(24)15-18/h7,9,14-16,19-20H,2-6,8,10-13H2,1H3. The summed E-state index contributed by atoms with van der Waals surface area (Å²) in [7, 11) is 0. The van der Waals surface area contributed by atoms with Gasteiger partial charge in [-0.25, -0.2) is 8.78 Å². The Morgan fingerprint density at radius 2 is 1.71 bits per heavy atom. The maximum Gasteiger partial charge on any atom is 0.159 e. The lowest BCUT2D eigenvalue weighted by atomic mass is 9.71. The Bertz CT molecular complexity index is 567. The van der Waals surface area contributed by atoms with Crippen LogP contribution in [-0.2, 0) is 6.42 Å². The predicted octanol–water partition coefficient (Wildman–Crippen LogP) is 6.84. The molecule has 2 heteroatoms. The van der Waals surface area contributed by atoms with E-state index in [2.05, 4.69) is 13.0 Å². The van der Waals surface area contributed by atoms with E-state index in [1.807, 2.05) is 0 Å². The molecule has 0 bridgehead atoms. The van der Waals surface area contributed by atoms with Crippen molar-refractivity contribution >= 4 is 0 Å². The Hall–Kier alpha value is -1.18. The molecule has 0 saturated heterocycles. The van der Waals surface area contributed by atoms with E-state index in [-0.39, 0.29) is 0 Å². The second-order valence-electron chi connectivity index (χ2n) is 7.83. The topological polar surface area (TPSA) is 0 Å². The summed E-state index contributed by atoms with van der Waals surface area (Å²) in [5.74, 6) is 1.32. The summed E-state index contributed by atoms with van der Waals surface area (Å²) in [6.07, 6.45) is 15.1. The number of hydrogen-bond donors (Lipinski definition) is 0. The van der Waals surface area contributed by atoms with E-state index in [4.69, 9.17) is 0 Å². The van der Waals surface area contributed by atoms with Crippen LogP contribution in [0.4, 0.5) is 8.78 Å². The fourth-order valence-corrected chi connectivity index (χ4v) is 4.63. The molecule has 0 N–H and O–H groups in total. The van der Waals surface area contributed by atoms with Crippen molar-refractivity contribution in [3.8, 4) is 0 Å². The summed E-state index contributed by atoms with van der Waals surface area (Å²) in [5, 5.41) is 0. The number of halogens is 2. The SMILES string of the molecule is CCC1CCC(C2CC=C(CCc3ccc(F)c(F)c3)CC2)CC1. The number of allylic oxidation sites excluding steroid dienone is 2. The first-order valence-electron chi connectivity index (χ1n) is 9.77. The highest BCUT2D eigenvalue weighted by molar-refractivity contribution is 5.20. The summed E-state index contributed by atoms with van der Waals surface area (Å²) in [4.78, 5) is 0. The van der Waals surface area contributed by atoms with Crippen molar-refractivity contribution < 1.29 is 8.78 Å². The lowest BCUT2D eigenvalue weighted by Gasteiger charge is -2.35. The van der Waals surface area contributed by atoms with Crippen LogP contribution >= 0.6 is 0 Å². The normalized spacial score (nSPS) is 27.8. The Kier molecular flexibility index (Phi) is 6.08. The molecule has 0 aliphatic heterocycles. The van der Waals surface area contributed by atoms with Crippen LogP contribution in [0.2, 0.25) is 0 Å². The van der Waals surface area contributed by atoms with Gasteiger partial charge in [-0.2, -0.15) is 0 Å². The Balaban J connectivity index is 1.46. The van der Waals surface area contributed by atoms with Crippen molar-refractivity contribution in [1.82, 2.24) is 0 Å². The van der Waals surface area contributed by atoms with Crippen LogP contribution in [0.15, 0.2) is 29.8 Å². The van der Waals surface area contributed by atoms with E-state index in [0.29, 0.717) is 0 Å². The van der Waals surface area contributed by atoms with Crippen LogP contribution in [0.25, 0.3) is 0 Å². The summed E-state index contributed by atoms with van der Waals surface area (Å²) in [6, 6.07) is 4.28. The molecular weight excluding hydrogens is 302 g/mol. The van der Waals surface area contributed by atoms with Gasteiger partial charge < -0.3 is 0 Å². The zero-order valence-electron chi connectivity index (χ0n) is 14.9. The van der Waals surface area contributed by atoms with Crippen LogP contribution in [-0.4, -0.2) is 0 Å². The minimum absolute atomic E-state index is 0.729. The molecular formula is C22H30F2. The van der Waals surface area contributed by atoms with Crippen LogP contribution in [0.3, 0.4) is 0 Å². The van der Waals surface area contributed by atoms with Crippen LogP contribution in [0.5, 0.6) is 0 Å². The molecule has 1 saturated carbocycles. The van der Waals surface area contributed by atoms with Gasteiger partial charge in [0.25, 0.3) is 0 Å². The minimum Gasteiger partial charge on any atom is -0.204 e. The van der Waals surface area contributed by atoms with Crippen molar-refractivity contribution in [3.05, 3.63) is 47.0 Å². The largest absolute Gasteiger partial charge is 0.204 e. The Labute approximate surface area is 145 Å². The van der Waals surface area contributed by atoms with E-state index >= 15 is 0 Å². The van der Waals surface area contributed by atoms with Gasteiger partial charge in [-0.1, -0.05) is 43.9 Å². The second-order valence-corrected chi connectivity index (χ2v) is 7.83. The fourth-order valence-electron chi connectivity index (χ4n) is 4.63. The molecule has 0 heterocycles. The van der Waals surface area contributed by atoms with Crippen molar-refractivity contribution in [1.29, 1.82) is 0 Å². The number of hydrogen-bond acceptors (Lipinski definition) is 0. The molecule has 132 valence electrons. The fraction of sp³-hybridized carbons (Fsp3) is 0.636. The average Bonchev–Trinajstić information content (AvgIpc) is 2.63. The highest BCUT2D eigenvalue weighted by atomic mass is 19.2. The molecule has 0 spiro atoms. The van der Waals surface area contributed by atoms with Gasteiger partial charge in [-0.15, -0.1) is 0 Å². The molecule has 1 aromatic rings. The highest BCUT2D eigenvalue weighted by Crippen LogP contribution is 2.40. The van der Waals surface area contributed by atoms with Crippen molar-refractivity contribution in [3.63, 3.8) is 0 Å². The lowest BCUT2D eigenvalue weighted by molar-refractivity contribution is 0.189. The van der Waals surface area contributed by atoms with Gasteiger partial charge in [0.15, 0.2) is 11.6 Å². The Morgan fingerprint density at radius 3 is 2.33 bits per heavy atom. The molecule has 2 aliphatic rings. The Morgan fingerprint density at radius 1 is 0.917 bits per heavy atom. The number of aryl methyl sites for hydroxylation is 1. The van der Waals surface area contributed by atoms with Gasteiger partial charge in [0.1, 0.15) is 0 Å². The zero-order valence-corrected chi connectivity index (χ0v) is 14.9. The van der Waals surface area contributed by atoms with Crippen molar-refractivity contribution in [2.24, 2.45) is 17.8 Å². The lowest BCUT2D eigenvalue weighted by Crippen LogP contribution is -2.23. The minimum atomic E-state index is -0.753. The smallest absolute Gasteiger partial charge is 0.159 e. The maximum atomic E-state index is 13.3. The average molecular weight is 332 g/mol. The van der Waals surface area contributed by atoms with Gasteiger partial charge in [0, 0.05) is 0 Å². The monoisotopic (exact) mass is 332 g/mol. The van der Waals surface area contributed by atoms with Crippen LogP contribution < -0.4 is 0 Å². The summed E-state index contributed by atoms with van der Waals surface area (Å²) < 4.78 is 26.2. The molecule has 2 aliphatic carbocycles. The molecule has 1 unspecified atom stereocenters. The molecule has 1 aromatic carbocycles. The van der Waals surface area contributed by atoms with Crippen LogP contribution in [0, 0.1) is 29.4 Å². The first-order chi connectivity index (χ1) is 11.7. The third-order valence-electron chi connectivity index (χ3n) is 6.40. The molecule has 0 aromatic heterocycles. The predicted molar refractivity (Wildman–Crippen MR) is 95.8 cm³/mol. The van der Waals surface area contributed by atoms with E-state index in [9.17, 15) is 8.78 Å². The molecule has 0 nitrogen and oxygen atoms in total. The van der Waals surface area contributed by atoms with E-state index in [1.54, 1.807) is 6.07 Å². The number of benzene rings is 1. The van der Waals surface area contributed by atoms with E-state index < -0.39 is 11.6 Å². The van der Waals surface area contributed by atoms with E-state index in [1.165, 1.54) is 69.1 Å². The summed E-state index contributed by atoms with van der Waals surface area (Å²) in [5.41, 5.74) is 2.41. The van der Waals surface area contributed by atoms with Gasteiger partial charge in [0.05, 0.1) is 0 Å². The van der Waals surface area contributed by atoms with Gasteiger partial charge >= 0.3 is 0 Å². The summed E-state index contributed by atoms with van der Waals surface area (Å²) >= 11 is 0. The first kappa shape index (κ1) is 17.6. The highest BCUT2D eigenvalue weighted by Gasteiger charge is 2.27. The molecule has 1 fully saturated rings. The second kappa shape index (κ2) is 8.27. The van der Waals surface area contributed by atoms with Gasteiger partial charge in [-0.05, 0) is 80.4 Å². The van der Waals surface area contributed by atoms with Crippen molar-refractivity contribution in [2.75, 3.05) is 0 Å². The molecule has 24 heavy (non-hydrogen) atoms. The number of rotatable bonds is 5. The molecule has 0 amide bonds. The third-order valence-corrected chi connectivity index (χ3v) is 6.40. The third kappa shape index (κ3) is 4.46. The molecule has 0 radical (unpaired) electrons. The first-order valence-corrected chi connectivity index (χ1v) is 9.77. The van der Waals surface area contributed by atoms with Gasteiger partial charge in [0.2, 0.25) is 0 Å². The van der Waals surface area contributed by atoms with Crippen molar-refractivity contribution in [2.45, 2.75) is 71.1 Å². The quantitative estimate of drug-likeness (QED) is 0.518. The zero-order chi connectivity index (χ0) is 16.9. The molecule has 3 rings (SSSR count). The summed E-state index contributed by atoms with van der Waals surface area (Å²) in [6.45, 7) is 2.33.